The Bertz CT molecular complexity index is 490. The maximum atomic E-state index is 11.7. The molecule has 0 radical (unpaired) electrons. The van der Waals surface area contributed by atoms with Crippen molar-refractivity contribution in [3.05, 3.63) is 44.3 Å². The minimum atomic E-state index is -0.626. The van der Waals surface area contributed by atoms with Crippen LogP contribution >= 0.6 is 22.7 Å². The summed E-state index contributed by atoms with van der Waals surface area (Å²) in [7, 11) is 0. The summed E-state index contributed by atoms with van der Waals surface area (Å²) in [4.78, 5) is 13.2. The van der Waals surface area contributed by atoms with Gasteiger partial charge in [-0.15, -0.1) is 22.7 Å². The highest BCUT2D eigenvalue weighted by Crippen LogP contribution is 2.23. The van der Waals surface area contributed by atoms with Gasteiger partial charge in [-0.25, -0.2) is 0 Å². The first-order valence-corrected chi connectivity index (χ1v) is 6.98. The van der Waals surface area contributed by atoms with E-state index in [1.54, 1.807) is 6.07 Å². The first-order valence-electron chi connectivity index (χ1n) is 5.22. The molecular formula is C12H13NO2S2. The van der Waals surface area contributed by atoms with Crippen LogP contribution in [0.15, 0.2) is 29.0 Å². The number of aryl methyl sites for hydroxylation is 1. The van der Waals surface area contributed by atoms with Gasteiger partial charge in [-0.05, 0) is 35.4 Å². The lowest BCUT2D eigenvalue weighted by molar-refractivity contribution is 0.0921. The van der Waals surface area contributed by atoms with Gasteiger partial charge < -0.3 is 10.4 Å². The third-order valence-corrected chi connectivity index (χ3v) is 4.39. The molecule has 5 heteroatoms. The van der Waals surface area contributed by atoms with Crippen LogP contribution in [0.2, 0.25) is 0 Å². The number of hydrogen-bond acceptors (Lipinski definition) is 4. The number of aliphatic hydroxyl groups is 1. The maximum absolute atomic E-state index is 11.7. The summed E-state index contributed by atoms with van der Waals surface area (Å²) in [6.07, 6.45) is -0.626. The Hall–Kier alpha value is -1.17. The first-order chi connectivity index (χ1) is 8.18. The molecule has 2 aromatic heterocycles. The van der Waals surface area contributed by atoms with Gasteiger partial charge in [0.2, 0.25) is 0 Å². The zero-order valence-corrected chi connectivity index (χ0v) is 11.0. The van der Waals surface area contributed by atoms with Crippen molar-refractivity contribution in [2.24, 2.45) is 0 Å². The molecule has 3 nitrogen and oxygen atoms in total. The van der Waals surface area contributed by atoms with E-state index in [0.29, 0.717) is 4.88 Å². The molecule has 0 saturated carbocycles. The Morgan fingerprint density at radius 3 is 2.82 bits per heavy atom. The predicted octanol–water partition coefficient (Wildman–Crippen LogP) is 2.58. The van der Waals surface area contributed by atoms with E-state index >= 15 is 0 Å². The summed E-state index contributed by atoms with van der Waals surface area (Å²) in [5.41, 5.74) is 1.06. The number of hydrogen-bond donors (Lipinski definition) is 2. The Morgan fingerprint density at radius 2 is 2.24 bits per heavy atom. The van der Waals surface area contributed by atoms with Crippen molar-refractivity contribution in [3.63, 3.8) is 0 Å². The Kier molecular flexibility index (Phi) is 3.93. The van der Waals surface area contributed by atoms with Crippen molar-refractivity contribution >= 4 is 28.6 Å². The van der Waals surface area contributed by atoms with E-state index in [-0.39, 0.29) is 12.5 Å². The van der Waals surface area contributed by atoms with Crippen molar-refractivity contribution < 1.29 is 9.90 Å². The largest absolute Gasteiger partial charge is 0.386 e. The van der Waals surface area contributed by atoms with Crippen LogP contribution < -0.4 is 5.32 Å². The SMILES string of the molecule is Cc1ccsc1[C@H](O)CNC(=O)c1cccs1. The molecule has 2 N–H and O–H groups in total. The Morgan fingerprint density at radius 1 is 1.41 bits per heavy atom. The molecular weight excluding hydrogens is 254 g/mol. The molecule has 0 aromatic carbocycles. The summed E-state index contributed by atoms with van der Waals surface area (Å²) in [6, 6.07) is 5.56. The molecule has 2 heterocycles. The van der Waals surface area contributed by atoms with Gasteiger partial charge in [0, 0.05) is 11.4 Å². The zero-order chi connectivity index (χ0) is 12.3. The van der Waals surface area contributed by atoms with E-state index in [1.165, 1.54) is 22.7 Å². The number of nitrogens with one attached hydrogen (secondary N) is 1. The van der Waals surface area contributed by atoms with Crippen molar-refractivity contribution in [2.45, 2.75) is 13.0 Å². The zero-order valence-electron chi connectivity index (χ0n) is 9.34. The smallest absolute Gasteiger partial charge is 0.261 e. The molecule has 2 rings (SSSR count). The van der Waals surface area contributed by atoms with Crippen LogP contribution in [0.25, 0.3) is 0 Å². The molecule has 0 aliphatic heterocycles. The Balaban J connectivity index is 1.91. The lowest BCUT2D eigenvalue weighted by Gasteiger charge is -2.10. The van der Waals surface area contributed by atoms with E-state index in [1.807, 2.05) is 29.8 Å². The van der Waals surface area contributed by atoms with E-state index in [0.717, 1.165) is 10.4 Å². The lowest BCUT2D eigenvalue weighted by Crippen LogP contribution is -2.27. The average molecular weight is 267 g/mol. The summed E-state index contributed by atoms with van der Waals surface area (Å²) in [5, 5.41) is 16.5. The van der Waals surface area contributed by atoms with Crippen molar-refractivity contribution in [2.75, 3.05) is 6.54 Å². The fraction of sp³-hybridized carbons (Fsp3) is 0.250. The normalized spacial score (nSPS) is 12.4. The number of carbonyl (C=O) groups excluding carboxylic acids is 1. The number of thiophene rings is 2. The molecule has 0 spiro atoms. The van der Waals surface area contributed by atoms with Crippen molar-refractivity contribution in [3.8, 4) is 0 Å². The van der Waals surface area contributed by atoms with Gasteiger partial charge in [-0.2, -0.15) is 0 Å². The molecule has 0 aliphatic carbocycles. The number of amides is 1. The maximum Gasteiger partial charge on any atom is 0.261 e. The van der Waals surface area contributed by atoms with E-state index in [4.69, 9.17) is 0 Å². The second-order valence-corrected chi connectivity index (χ2v) is 5.57. The lowest BCUT2D eigenvalue weighted by atomic mass is 10.2. The fourth-order valence-electron chi connectivity index (χ4n) is 1.50. The molecule has 0 unspecified atom stereocenters. The molecule has 0 saturated heterocycles. The van der Waals surface area contributed by atoms with Crippen molar-refractivity contribution in [1.82, 2.24) is 5.32 Å². The van der Waals surface area contributed by atoms with E-state index < -0.39 is 6.10 Å². The van der Waals surface area contributed by atoms with E-state index in [2.05, 4.69) is 5.32 Å². The molecule has 0 fully saturated rings. The van der Waals surface area contributed by atoms with Gasteiger partial charge >= 0.3 is 0 Å². The molecule has 1 atom stereocenters. The summed E-state index contributed by atoms with van der Waals surface area (Å²) >= 11 is 2.90. The fourth-order valence-corrected chi connectivity index (χ4v) is 3.06. The highest BCUT2D eigenvalue weighted by atomic mass is 32.1. The van der Waals surface area contributed by atoms with Crippen LogP contribution in [0.3, 0.4) is 0 Å². The van der Waals surface area contributed by atoms with Crippen LogP contribution in [0.1, 0.15) is 26.2 Å². The molecule has 0 aliphatic rings. The van der Waals surface area contributed by atoms with Gasteiger partial charge in [0.15, 0.2) is 0 Å². The van der Waals surface area contributed by atoms with Crippen LogP contribution in [-0.4, -0.2) is 17.6 Å². The van der Waals surface area contributed by atoms with Gasteiger partial charge in [0.1, 0.15) is 6.10 Å². The predicted molar refractivity (Wildman–Crippen MR) is 70.7 cm³/mol. The molecule has 90 valence electrons. The number of carbonyl (C=O) groups is 1. The number of aliphatic hydroxyl groups excluding tert-OH is 1. The molecule has 1 amide bonds. The second kappa shape index (κ2) is 5.44. The second-order valence-electron chi connectivity index (χ2n) is 3.67. The number of rotatable bonds is 4. The minimum absolute atomic E-state index is 0.131. The van der Waals surface area contributed by atoms with Crippen LogP contribution in [0.4, 0.5) is 0 Å². The third-order valence-electron chi connectivity index (χ3n) is 2.41. The van der Waals surface area contributed by atoms with Gasteiger partial charge in [0.25, 0.3) is 5.91 Å². The van der Waals surface area contributed by atoms with Gasteiger partial charge in [-0.1, -0.05) is 6.07 Å². The van der Waals surface area contributed by atoms with Crippen LogP contribution in [-0.2, 0) is 0 Å². The Labute approximate surface area is 108 Å². The summed E-state index contributed by atoms with van der Waals surface area (Å²) in [6.45, 7) is 2.20. The molecule has 2 aromatic rings. The quantitative estimate of drug-likeness (QED) is 0.894. The molecule has 17 heavy (non-hydrogen) atoms. The van der Waals surface area contributed by atoms with Crippen LogP contribution in [0, 0.1) is 6.92 Å². The minimum Gasteiger partial charge on any atom is -0.386 e. The van der Waals surface area contributed by atoms with E-state index in [9.17, 15) is 9.90 Å². The highest BCUT2D eigenvalue weighted by molar-refractivity contribution is 7.12. The molecule has 0 bridgehead atoms. The first kappa shape index (κ1) is 12.3. The highest BCUT2D eigenvalue weighted by Gasteiger charge is 2.14. The van der Waals surface area contributed by atoms with Gasteiger partial charge in [0.05, 0.1) is 4.88 Å². The standard InChI is InChI=1S/C12H13NO2S2/c1-8-4-6-17-11(8)9(14)7-13-12(15)10-3-2-5-16-10/h2-6,9,14H,7H2,1H3,(H,13,15)/t9-/m1/s1. The monoisotopic (exact) mass is 267 g/mol. The summed E-state index contributed by atoms with van der Waals surface area (Å²) in [5.74, 6) is -0.131. The topological polar surface area (TPSA) is 49.3 Å². The average Bonchev–Trinajstić information content (AvgIpc) is 2.95. The summed E-state index contributed by atoms with van der Waals surface area (Å²) < 4.78 is 0. The van der Waals surface area contributed by atoms with Crippen LogP contribution in [0.5, 0.6) is 0 Å². The van der Waals surface area contributed by atoms with Gasteiger partial charge in [-0.3, -0.25) is 4.79 Å². The third kappa shape index (κ3) is 2.94. The van der Waals surface area contributed by atoms with Crippen molar-refractivity contribution in [1.29, 1.82) is 0 Å².